The van der Waals surface area contributed by atoms with Gasteiger partial charge in [0.05, 0.1) is 38.3 Å². The topological polar surface area (TPSA) is 145 Å². The van der Waals surface area contributed by atoms with Crippen molar-refractivity contribution in [3.05, 3.63) is 29.3 Å². The zero-order chi connectivity index (χ0) is 27.6. The highest BCUT2D eigenvalue weighted by Crippen LogP contribution is 2.22. The number of benzene rings is 1. The van der Waals surface area contributed by atoms with Gasteiger partial charge in [-0.05, 0) is 57.4 Å². The predicted octanol–water partition coefficient (Wildman–Crippen LogP) is 0.796. The summed E-state index contributed by atoms with van der Waals surface area (Å²) in [6, 6.07) is 5.11. The molecule has 0 unspecified atom stereocenters. The van der Waals surface area contributed by atoms with Crippen molar-refractivity contribution in [2.24, 2.45) is 0 Å². The van der Waals surface area contributed by atoms with Crippen LogP contribution >= 0.6 is 0 Å². The van der Waals surface area contributed by atoms with E-state index in [0.29, 0.717) is 18.3 Å². The Morgan fingerprint density at radius 2 is 1.64 bits per heavy atom. The van der Waals surface area contributed by atoms with Crippen molar-refractivity contribution in [3.63, 3.8) is 0 Å². The molecule has 11 nitrogen and oxygen atoms in total. The summed E-state index contributed by atoms with van der Waals surface area (Å²) in [7, 11) is -6.07. The molecule has 0 spiro atoms. The van der Waals surface area contributed by atoms with Gasteiger partial charge in [0.25, 0.3) is 27.7 Å². The standard InChI is InChI=1S/C22H36BN2O9S2/c1-17-7-8-20(25(9-11-32-35(5,28)29)10-12-33-36(6,30)31)14-18(17)13-19(24-23-16-26)15-21(27)34-22(2,3)4/h7-8,14,16,19,24H,9-13,15H2,1-6H3/t19-/m0/s1. The van der Waals surface area contributed by atoms with E-state index in [4.69, 9.17) is 13.1 Å². The van der Waals surface area contributed by atoms with E-state index in [1.165, 1.54) is 7.41 Å². The first-order chi connectivity index (χ1) is 16.5. The minimum atomic E-state index is -3.65. The largest absolute Gasteiger partial charge is 0.460 e. The monoisotopic (exact) mass is 547 g/mol. The zero-order valence-corrected chi connectivity index (χ0v) is 23.3. The number of hydrogen-bond donors (Lipinski definition) is 1. The summed E-state index contributed by atoms with van der Waals surface area (Å²) < 4.78 is 60.5. The molecule has 0 saturated heterocycles. The molecule has 0 heterocycles. The molecule has 0 aliphatic heterocycles. The van der Waals surface area contributed by atoms with E-state index in [9.17, 15) is 26.4 Å². The molecule has 1 aromatic carbocycles. The Morgan fingerprint density at radius 1 is 1.08 bits per heavy atom. The zero-order valence-electron chi connectivity index (χ0n) is 21.6. The number of hydrogen-bond acceptors (Lipinski definition) is 11. The van der Waals surface area contributed by atoms with Crippen molar-refractivity contribution in [2.75, 3.05) is 43.7 Å². The Labute approximate surface area is 215 Å². The van der Waals surface area contributed by atoms with Gasteiger partial charge in [0, 0.05) is 24.8 Å². The summed E-state index contributed by atoms with van der Waals surface area (Å²) in [5, 5.41) is 2.93. The van der Waals surface area contributed by atoms with E-state index in [2.05, 4.69) is 5.23 Å². The van der Waals surface area contributed by atoms with Gasteiger partial charge in [0.15, 0.2) is 0 Å². The molecule has 0 fully saturated rings. The van der Waals surface area contributed by atoms with Gasteiger partial charge in [-0.25, -0.2) is 0 Å². The molecular formula is C22H36BN2O9S2. The van der Waals surface area contributed by atoms with Crippen LogP contribution in [0.1, 0.15) is 38.3 Å². The van der Waals surface area contributed by atoms with Crippen LogP contribution in [0.25, 0.3) is 0 Å². The minimum Gasteiger partial charge on any atom is -0.460 e. The van der Waals surface area contributed by atoms with Crippen molar-refractivity contribution in [1.82, 2.24) is 5.23 Å². The smallest absolute Gasteiger partial charge is 0.307 e. The molecule has 14 heteroatoms. The number of anilines is 1. The maximum absolute atomic E-state index is 12.4. The summed E-state index contributed by atoms with van der Waals surface area (Å²) >= 11 is 0. The van der Waals surface area contributed by atoms with E-state index >= 15 is 0 Å². The molecule has 0 amide bonds. The van der Waals surface area contributed by atoms with Crippen LogP contribution in [0, 0.1) is 6.92 Å². The molecule has 1 rings (SSSR count). The van der Waals surface area contributed by atoms with Crippen LogP contribution in [0.2, 0.25) is 0 Å². The van der Waals surface area contributed by atoms with Gasteiger partial charge in [-0.15, -0.1) is 0 Å². The number of rotatable bonds is 16. The lowest BCUT2D eigenvalue weighted by Crippen LogP contribution is -2.38. The summed E-state index contributed by atoms with van der Waals surface area (Å²) in [6.07, 6.45) is 2.90. The fourth-order valence-corrected chi connectivity index (χ4v) is 4.01. The number of carbonyl (C=O) groups is 2. The SMILES string of the molecule is Cc1ccc(N(CCOS(C)(=O)=O)CCOS(C)(=O)=O)cc1C[C@@H](CC(=O)OC(C)(C)C)N[B]C=O. The van der Waals surface area contributed by atoms with Crippen LogP contribution in [-0.4, -0.2) is 86.9 Å². The number of esters is 1. The number of nitrogens with one attached hydrogen (secondary N) is 1. The van der Waals surface area contributed by atoms with E-state index in [1.807, 2.05) is 25.1 Å². The molecule has 36 heavy (non-hydrogen) atoms. The molecule has 203 valence electrons. The number of ether oxygens (including phenoxy) is 1. The summed E-state index contributed by atoms with van der Waals surface area (Å²) in [4.78, 5) is 25.0. The first kappa shape index (κ1) is 32.0. The molecule has 1 aromatic rings. The summed E-state index contributed by atoms with van der Waals surface area (Å²) in [6.45, 7) is 7.24. The van der Waals surface area contributed by atoms with Crippen LogP contribution in [0.5, 0.6) is 0 Å². The fourth-order valence-electron chi connectivity index (χ4n) is 3.26. The number of nitrogens with zero attached hydrogens (tertiary/aromatic N) is 1. The second-order valence-corrected chi connectivity index (χ2v) is 12.6. The molecule has 1 atom stereocenters. The van der Waals surface area contributed by atoms with Gasteiger partial charge >= 0.3 is 5.97 Å². The van der Waals surface area contributed by atoms with Crippen molar-refractivity contribution in [3.8, 4) is 0 Å². The van der Waals surface area contributed by atoms with Crippen LogP contribution in [0.4, 0.5) is 5.69 Å². The molecule has 0 bridgehead atoms. The summed E-state index contributed by atoms with van der Waals surface area (Å²) in [5.74, 6) is -0.411. The lowest BCUT2D eigenvalue weighted by Gasteiger charge is -2.26. The molecule has 0 saturated carbocycles. The second kappa shape index (κ2) is 14.1. The Morgan fingerprint density at radius 3 is 2.11 bits per heavy atom. The van der Waals surface area contributed by atoms with Gasteiger partial charge in [0.1, 0.15) is 5.60 Å². The Bertz CT molecular complexity index is 1050. The van der Waals surface area contributed by atoms with Crippen LogP contribution in [0.15, 0.2) is 18.2 Å². The van der Waals surface area contributed by atoms with Gasteiger partial charge in [0.2, 0.25) is 0 Å². The second-order valence-electron chi connectivity index (χ2n) is 9.31. The first-order valence-corrected chi connectivity index (χ1v) is 14.9. The fraction of sp³-hybridized carbons (Fsp3) is 0.636. The average molecular weight is 547 g/mol. The maximum atomic E-state index is 12.4. The van der Waals surface area contributed by atoms with Gasteiger partial charge < -0.3 is 19.7 Å². The number of aryl methyl sites for hydroxylation is 1. The van der Waals surface area contributed by atoms with Crippen molar-refractivity contribution in [1.29, 1.82) is 0 Å². The molecule has 0 aliphatic carbocycles. The van der Waals surface area contributed by atoms with E-state index in [1.54, 1.807) is 25.7 Å². The first-order valence-electron chi connectivity index (χ1n) is 11.3. The Kier molecular flexibility index (Phi) is 12.5. The maximum Gasteiger partial charge on any atom is 0.307 e. The third-order valence-corrected chi connectivity index (χ3v) is 5.90. The van der Waals surface area contributed by atoms with Crippen LogP contribution in [0.3, 0.4) is 0 Å². The highest BCUT2D eigenvalue weighted by Gasteiger charge is 2.22. The lowest BCUT2D eigenvalue weighted by molar-refractivity contribution is -0.155. The minimum absolute atomic E-state index is 0.0272. The third-order valence-electron chi connectivity index (χ3n) is 4.71. The average Bonchev–Trinajstić information content (AvgIpc) is 2.69. The number of carbonyl (C=O) groups excluding carboxylic acids is 2. The van der Waals surface area contributed by atoms with Crippen LogP contribution < -0.4 is 10.1 Å². The quantitative estimate of drug-likeness (QED) is 0.136. The molecular weight excluding hydrogens is 511 g/mol. The Hall–Kier alpha value is -2.00. The molecule has 0 aromatic heterocycles. The lowest BCUT2D eigenvalue weighted by atomic mass is 9.91. The van der Waals surface area contributed by atoms with E-state index < -0.39 is 37.8 Å². The molecule has 1 radical (unpaired) electrons. The van der Waals surface area contributed by atoms with Gasteiger partial charge in [-0.1, -0.05) is 6.07 Å². The molecule has 0 aliphatic rings. The van der Waals surface area contributed by atoms with Gasteiger partial charge in [-0.3, -0.25) is 13.2 Å². The highest BCUT2D eigenvalue weighted by molar-refractivity contribution is 7.86. The Balaban J connectivity index is 3.12. The van der Waals surface area contributed by atoms with Gasteiger partial charge in [-0.2, -0.15) is 16.8 Å². The van der Waals surface area contributed by atoms with E-state index in [-0.39, 0.29) is 32.7 Å². The molecule has 1 N–H and O–H groups in total. The highest BCUT2D eigenvalue weighted by atomic mass is 32.2. The summed E-state index contributed by atoms with van der Waals surface area (Å²) in [5.41, 5.74) is 1.83. The van der Waals surface area contributed by atoms with Crippen molar-refractivity contribution >= 4 is 45.5 Å². The van der Waals surface area contributed by atoms with E-state index in [0.717, 1.165) is 23.6 Å². The normalized spacial score (nSPS) is 13.2. The predicted molar refractivity (Wildman–Crippen MR) is 139 cm³/mol. The van der Waals surface area contributed by atoms with Crippen molar-refractivity contribution < 1.29 is 39.5 Å². The van der Waals surface area contributed by atoms with Crippen molar-refractivity contribution in [2.45, 2.75) is 52.2 Å². The third kappa shape index (κ3) is 14.5. The van der Waals surface area contributed by atoms with Crippen LogP contribution in [-0.2, 0) is 49.3 Å².